The molecule has 0 atom stereocenters. The molecule has 1 saturated carbocycles. The summed E-state index contributed by atoms with van der Waals surface area (Å²) in [5.74, 6) is -2.30. The molecule has 8 nitrogen and oxygen atoms in total. The summed E-state index contributed by atoms with van der Waals surface area (Å²) in [6.07, 6.45) is 2.07. The van der Waals surface area contributed by atoms with Gasteiger partial charge in [-0.1, -0.05) is 0 Å². The lowest BCUT2D eigenvalue weighted by molar-refractivity contribution is -0.131. The van der Waals surface area contributed by atoms with Gasteiger partial charge in [0, 0.05) is 29.7 Å². The smallest absolute Gasteiger partial charge is 0.240 e. The van der Waals surface area contributed by atoms with Gasteiger partial charge in [-0.3, -0.25) is 9.59 Å². The molecule has 1 aliphatic carbocycles. The van der Waals surface area contributed by atoms with Crippen LogP contribution in [0.25, 0.3) is 0 Å². The summed E-state index contributed by atoms with van der Waals surface area (Å²) in [5.41, 5.74) is 4.75. The molecule has 0 bridgehead atoms. The van der Waals surface area contributed by atoms with Crippen molar-refractivity contribution in [1.82, 2.24) is 9.97 Å². The van der Waals surface area contributed by atoms with Gasteiger partial charge in [0.1, 0.15) is 11.2 Å². The molecule has 1 aliphatic rings. The quantitative estimate of drug-likeness (QED) is 0.520. The highest BCUT2D eigenvalue weighted by molar-refractivity contribution is 6.16. The molecule has 31 heavy (non-hydrogen) atoms. The van der Waals surface area contributed by atoms with E-state index in [1.165, 1.54) is 48.7 Å². The first-order chi connectivity index (χ1) is 14.9. The Morgan fingerprint density at radius 3 is 2.23 bits per heavy atom. The molecule has 0 aliphatic heterocycles. The zero-order chi connectivity index (χ0) is 22.0. The van der Waals surface area contributed by atoms with E-state index in [0.717, 1.165) is 6.07 Å². The number of carbonyl (C=O) groups is 2. The van der Waals surface area contributed by atoms with E-state index in [1.54, 1.807) is 0 Å². The summed E-state index contributed by atoms with van der Waals surface area (Å²) in [6, 6.07) is 10.5. The van der Waals surface area contributed by atoms with E-state index < -0.39 is 28.9 Å². The number of nitrogens with one attached hydrogen (secondary N) is 2. The highest BCUT2D eigenvalue weighted by Crippen LogP contribution is 2.47. The van der Waals surface area contributed by atoms with Gasteiger partial charge in [-0.05, 0) is 49.2 Å². The van der Waals surface area contributed by atoms with Gasteiger partial charge in [0.2, 0.25) is 23.6 Å². The largest absolute Gasteiger partial charge is 0.436 e. The van der Waals surface area contributed by atoms with Crippen molar-refractivity contribution in [3.05, 3.63) is 66.4 Å². The maximum absolute atomic E-state index is 14.4. The Kier molecular flexibility index (Phi) is 5.20. The lowest BCUT2D eigenvalue weighted by atomic mass is 10.0. The van der Waals surface area contributed by atoms with Gasteiger partial charge in [0.25, 0.3) is 0 Å². The van der Waals surface area contributed by atoms with E-state index in [4.69, 9.17) is 10.5 Å². The number of rotatable bonds is 6. The average Bonchev–Trinajstić information content (AvgIpc) is 3.54. The Morgan fingerprint density at radius 2 is 1.61 bits per heavy atom. The van der Waals surface area contributed by atoms with E-state index in [-0.39, 0.29) is 23.3 Å². The molecule has 1 heterocycles. The Balaban J connectivity index is 1.42. The predicted octanol–water partition coefficient (Wildman–Crippen LogP) is 3.49. The zero-order valence-corrected chi connectivity index (χ0v) is 16.1. The van der Waals surface area contributed by atoms with Gasteiger partial charge in [-0.25, -0.2) is 13.8 Å². The Bertz CT molecular complexity index is 1150. The predicted molar refractivity (Wildman–Crippen MR) is 108 cm³/mol. The molecule has 4 N–H and O–H groups in total. The van der Waals surface area contributed by atoms with Crippen LogP contribution in [-0.2, 0) is 9.59 Å². The van der Waals surface area contributed by atoms with Crippen LogP contribution in [0, 0.1) is 17.0 Å². The van der Waals surface area contributed by atoms with Gasteiger partial charge in [0.15, 0.2) is 11.6 Å². The lowest BCUT2D eigenvalue weighted by Crippen LogP contribution is -2.35. The molecular weight excluding hydrogens is 408 g/mol. The zero-order valence-electron chi connectivity index (χ0n) is 16.1. The molecule has 10 heteroatoms. The summed E-state index contributed by atoms with van der Waals surface area (Å²) in [5, 5.41) is 5.17. The molecule has 2 amide bonds. The van der Waals surface area contributed by atoms with Crippen molar-refractivity contribution in [3.63, 3.8) is 0 Å². The second-order valence-electron chi connectivity index (χ2n) is 7.00. The van der Waals surface area contributed by atoms with Crippen LogP contribution in [0.1, 0.15) is 12.8 Å². The number of nitrogens with two attached hydrogens (primary N) is 1. The minimum Gasteiger partial charge on any atom is -0.436 e. The number of hydrogen-bond acceptors (Lipinski definition) is 6. The number of nitrogen functional groups attached to an aromatic ring is 1. The van der Waals surface area contributed by atoms with Crippen LogP contribution in [-0.4, -0.2) is 21.8 Å². The van der Waals surface area contributed by atoms with Crippen molar-refractivity contribution < 1.29 is 23.1 Å². The van der Waals surface area contributed by atoms with Crippen LogP contribution in [0.5, 0.6) is 11.6 Å². The summed E-state index contributed by atoms with van der Waals surface area (Å²) in [6.45, 7) is 0. The second kappa shape index (κ2) is 7.98. The van der Waals surface area contributed by atoms with Crippen LogP contribution in [0.3, 0.4) is 0 Å². The molecule has 0 radical (unpaired) electrons. The normalized spacial score (nSPS) is 13.9. The number of amides is 2. The Morgan fingerprint density at radius 1 is 0.968 bits per heavy atom. The fraction of sp³-hybridized carbons (Fsp3) is 0.143. The number of hydrogen-bond donors (Lipinski definition) is 3. The van der Waals surface area contributed by atoms with Crippen molar-refractivity contribution >= 4 is 29.1 Å². The minimum absolute atomic E-state index is 0.0181. The maximum Gasteiger partial charge on any atom is 0.240 e. The SMILES string of the molecule is Nc1nccc(Oc2ccc(NC(=O)C3(C(=O)Nc4ccc(F)cc4)CC3)cc2F)n1. The highest BCUT2D eigenvalue weighted by atomic mass is 19.1. The fourth-order valence-corrected chi connectivity index (χ4v) is 2.90. The van der Waals surface area contributed by atoms with E-state index in [9.17, 15) is 18.4 Å². The number of carbonyl (C=O) groups excluding carboxylic acids is 2. The van der Waals surface area contributed by atoms with Gasteiger partial charge in [0.05, 0.1) is 0 Å². The average molecular weight is 425 g/mol. The first kappa shape index (κ1) is 20.2. The van der Waals surface area contributed by atoms with Crippen LogP contribution < -0.4 is 21.1 Å². The number of halogens is 2. The molecule has 2 aromatic carbocycles. The first-order valence-corrected chi connectivity index (χ1v) is 9.30. The van der Waals surface area contributed by atoms with E-state index >= 15 is 0 Å². The van der Waals surface area contributed by atoms with Crippen molar-refractivity contribution in [2.75, 3.05) is 16.4 Å². The molecule has 0 unspecified atom stereocenters. The van der Waals surface area contributed by atoms with E-state index in [2.05, 4.69) is 20.6 Å². The lowest BCUT2D eigenvalue weighted by Gasteiger charge is -2.16. The number of ether oxygens (including phenoxy) is 1. The third kappa shape index (κ3) is 4.42. The van der Waals surface area contributed by atoms with E-state index in [0.29, 0.717) is 18.5 Å². The van der Waals surface area contributed by atoms with Crippen LogP contribution >= 0.6 is 0 Å². The third-order valence-corrected chi connectivity index (χ3v) is 4.77. The molecule has 0 spiro atoms. The van der Waals surface area contributed by atoms with Crippen LogP contribution in [0.2, 0.25) is 0 Å². The number of benzene rings is 2. The molecular formula is C21H17F2N5O3. The molecule has 3 aromatic rings. The molecule has 158 valence electrons. The highest BCUT2D eigenvalue weighted by Gasteiger charge is 2.56. The van der Waals surface area contributed by atoms with E-state index in [1.807, 2.05) is 0 Å². The summed E-state index contributed by atoms with van der Waals surface area (Å²) in [4.78, 5) is 32.8. The molecule has 1 aromatic heterocycles. The minimum atomic E-state index is -1.25. The van der Waals surface area contributed by atoms with Crippen molar-refractivity contribution in [3.8, 4) is 11.6 Å². The fourth-order valence-electron chi connectivity index (χ4n) is 2.90. The number of aromatic nitrogens is 2. The monoisotopic (exact) mass is 425 g/mol. The summed E-state index contributed by atoms with van der Waals surface area (Å²) >= 11 is 0. The second-order valence-corrected chi connectivity index (χ2v) is 7.00. The first-order valence-electron chi connectivity index (χ1n) is 9.30. The third-order valence-electron chi connectivity index (χ3n) is 4.77. The van der Waals surface area contributed by atoms with Crippen molar-refractivity contribution in [2.24, 2.45) is 5.41 Å². The summed E-state index contributed by atoms with van der Waals surface area (Å²) < 4.78 is 32.8. The van der Waals surface area contributed by atoms with Crippen molar-refractivity contribution in [1.29, 1.82) is 0 Å². The Labute approximate surface area is 175 Å². The number of anilines is 3. The van der Waals surface area contributed by atoms with Crippen molar-refractivity contribution in [2.45, 2.75) is 12.8 Å². The molecule has 0 saturated heterocycles. The maximum atomic E-state index is 14.4. The van der Waals surface area contributed by atoms with Gasteiger partial charge in [-0.2, -0.15) is 4.98 Å². The van der Waals surface area contributed by atoms with Gasteiger partial charge in [-0.15, -0.1) is 0 Å². The standard InChI is InChI=1S/C21H17F2N5O3/c22-12-1-3-13(4-2-12)26-18(29)21(8-9-21)19(30)27-14-5-6-16(15(23)11-14)31-17-7-10-25-20(24)28-17/h1-7,10-11H,8-9H2,(H,26,29)(H,27,30)(H2,24,25,28). The van der Waals surface area contributed by atoms with Crippen LogP contribution in [0.4, 0.5) is 26.1 Å². The number of nitrogens with zero attached hydrogens (tertiary/aromatic N) is 2. The Hall–Kier alpha value is -4.08. The molecule has 4 rings (SSSR count). The molecule has 1 fully saturated rings. The van der Waals surface area contributed by atoms with Crippen LogP contribution in [0.15, 0.2) is 54.7 Å². The van der Waals surface area contributed by atoms with Gasteiger partial charge < -0.3 is 21.1 Å². The topological polar surface area (TPSA) is 119 Å². The van der Waals surface area contributed by atoms with Gasteiger partial charge >= 0.3 is 0 Å². The summed E-state index contributed by atoms with van der Waals surface area (Å²) in [7, 11) is 0.